The van der Waals surface area contributed by atoms with Crippen LogP contribution in [0.5, 0.6) is 0 Å². The number of nitrogens with zero attached hydrogens (tertiary/aromatic N) is 4. The number of rotatable bonds is 3. The second kappa shape index (κ2) is 6.17. The molecule has 3 rings (SSSR count). The van der Waals surface area contributed by atoms with Crippen molar-refractivity contribution >= 4 is 11.7 Å². The van der Waals surface area contributed by atoms with Crippen molar-refractivity contribution in [2.75, 3.05) is 18.0 Å². The second-order valence-electron chi connectivity index (χ2n) is 5.71. The molecule has 6 heteroatoms. The molecular formula is C16H21N5O. The molecule has 1 aliphatic rings. The minimum Gasteiger partial charge on any atom is -0.356 e. The number of piperidine rings is 1. The van der Waals surface area contributed by atoms with Gasteiger partial charge in [-0.25, -0.2) is 4.98 Å². The zero-order chi connectivity index (χ0) is 15.5. The first-order valence-corrected chi connectivity index (χ1v) is 7.61. The van der Waals surface area contributed by atoms with Gasteiger partial charge in [0.25, 0.3) is 5.91 Å². The van der Waals surface area contributed by atoms with E-state index in [9.17, 15) is 4.79 Å². The second-order valence-corrected chi connectivity index (χ2v) is 5.71. The maximum Gasteiger partial charge on any atom is 0.269 e. The highest BCUT2D eigenvalue weighted by molar-refractivity contribution is 5.92. The first-order chi connectivity index (χ1) is 10.6. The van der Waals surface area contributed by atoms with Gasteiger partial charge in [0.15, 0.2) is 0 Å². The van der Waals surface area contributed by atoms with Crippen molar-refractivity contribution in [2.45, 2.75) is 25.8 Å². The van der Waals surface area contributed by atoms with Crippen LogP contribution in [0.4, 0.5) is 5.82 Å². The van der Waals surface area contributed by atoms with Crippen LogP contribution in [0.3, 0.4) is 0 Å². The van der Waals surface area contributed by atoms with Crippen molar-refractivity contribution in [3.8, 4) is 0 Å². The Bertz CT molecular complexity index is 658. The van der Waals surface area contributed by atoms with Crippen LogP contribution >= 0.6 is 0 Å². The standard InChI is InChI=1S/C16H21N5O/c1-12-4-3-5-15(18-12)21-10-7-13(8-11-21)19-16(22)14-6-9-17-20(14)2/h3-6,9,13H,7-8,10-11H2,1-2H3,(H,19,22). The van der Waals surface area contributed by atoms with Crippen LogP contribution in [0.2, 0.25) is 0 Å². The van der Waals surface area contributed by atoms with Crippen molar-refractivity contribution in [3.63, 3.8) is 0 Å². The van der Waals surface area contributed by atoms with Crippen LogP contribution in [0.25, 0.3) is 0 Å². The molecule has 6 nitrogen and oxygen atoms in total. The topological polar surface area (TPSA) is 63.1 Å². The summed E-state index contributed by atoms with van der Waals surface area (Å²) in [6, 6.07) is 8.03. The lowest BCUT2D eigenvalue weighted by atomic mass is 10.0. The third kappa shape index (κ3) is 3.10. The Labute approximate surface area is 130 Å². The summed E-state index contributed by atoms with van der Waals surface area (Å²) in [6.45, 7) is 3.82. The van der Waals surface area contributed by atoms with E-state index in [0.717, 1.165) is 37.4 Å². The molecule has 1 aliphatic heterocycles. The van der Waals surface area contributed by atoms with E-state index in [2.05, 4.69) is 20.3 Å². The molecule has 22 heavy (non-hydrogen) atoms. The first-order valence-electron chi connectivity index (χ1n) is 7.61. The number of aryl methyl sites for hydroxylation is 2. The molecule has 0 radical (unpaired) electrons. The van der Waals surface area contributed by atoms with E-state index in [0.29, 0.717) is 5.69 Å². The summed E-state index contributed by atoms with van der Waals surface area (Å²) in [6.07, 6.45) is 3.50. The molecule has 2 aromatic rings. The van der Waals surface area contributed by atoms with Gasteiger partial charge >= 0.3 is 0 Å². The maximum absolute atomic E-state index is 12.2. The van der Waals surface area contributed by atoms with Crippen molar-refractivity contribution in [2.24, 2.45) is 7.05 Å². The number of carbonyl (C=O) groups excluding carboxylic acids is 1. The molecule has 0 atom stereocenters. The fraction of sp³-hybridized carbons (Fsp3) is 0.438. The van der Waals surface area contributed by atoms with Crippen molar-refractivity contribution in [3.05, 3.63) is 41.9 Å². The van der Waals surface area contributed by atoms with Gasteiger partial charge < -0.3 is 10.2 Å². The quantitative estimate of drug-likeness (QED) is 0.933. The smallest absolute Gasteiger partial charge is 0.269 e. The molecule has 116 valence electrons. The minimum atomic E-state index is -0.0490. The molecule has 0 bridgehead atoms. The van der Waals surface area contributed by atoms with Crippen LogP contribution in [0.1, 0.15) is 29.0 Å². The molecule has 1 saturated heterocycles. The van der Waals surface area contributed by atoms with Gasteiger partial charge in [0.2, 0.25) is 0 Å². The fourth-order valence-corrected chi connectivity index (χ4v) is 2.81. The van der Waals surface area contributed by atoms with Gasteiger partial charge in [-0.1, -0.05) is 6.07 Å². The predicted molar refractivity (Wildman–Crippen MR) is 84.9 cm³/mol. The molecule has 2 aromatic heterocycles. The Hall–Kier alpha value is -2.37. The fourth-order valence-electron chi connectivity index (χ4n) is 2.81. The molecule has 1 fully saturated rings. The van der Waals surface area contributed by atoms with Crippen LogP contribution in [-0.2, 0) is 7.05 Å². The largest absolute Gasteiger partial charge is 0.356 e. The number of nitrogens with one attached hydrogen (secondary N) is 1. The van der Waals surface area contributed by atoms with Gasteiger partial charge in [-0.15, -0.1) is 0 Å². The summed E-state index contributed by atoms with van der Waals surface area (Å²) in [5.41, 5.74) is 1.63. The summed E-state index contributed by atoms with van der Waals surface area (Å²) < 4.78 is 1.60. The molecular weight excluding hydrogens is 278 g/mol. The number of anilines is 1. The Morgan fingerprint density at radius 2 is 2.05 bits per heavy atom. The maximum atomic E-state index is 12.2. The molecule has 3 heterocycles. The molecule has 0 unspecified atom stereocenters. The number of amides is 1. The first kappa shape index (κ1) is 14.6. The van der Waals surface area contributed by atoms with Crippen LogP contribution < -0.4 is 10.2 Å². The third-order valence-electron chi connectivity index (χ3n) is 4.08. The summed E-state index contributed by atoms with van der Waals surface area (Å²) in [7, 11) is 1.78. The van der Waals surface area contributed by atoms with Crippen LogP contribution in [0, 0.1) is 6.92 Å². The lowest BCUT2D eigenvalue weighted by Gasteiger charge is -2.33. The SMILES string of the molecule is Cc1cccc(N2CCC(NC(=O)c3ccnn3C)CC2)n1. The zero-order valence-electron chi connectivity index (χ0n) is 13.0. The van der Waals surface area contributed by atoms with E-state index in [4.69, 9.17) is 0 Å². The van der Waals surface area contributed by atoms with E-state index in [1.165, 1.54) is 0 Å². The van der Waals surface area contributed by atoms with Gasteiger partial charge in [0, 0.05) is 38.1 Å². The molecule has 0 spiro atoms. The van der Waals surface area contributed by atoms with E-state index in [-0.39, 0.29) is 11.9 Å². The number of hydrogen-bond acceptors (Lipinski definition) is 4. The van der Waals surface area contributed by atoms with Gasteiger partial charge in [0.1, 0.15) is 11.5 Å². The molecule has 1 N–H and O–H groups in total. The Morgan fingerprint density at radius 3 is 2.68 bits per heavy atom. The lowest BCUT2D eigenvalue weighted by Crippen LogP contribution is -2.45. The molecule has 1 amide bonds. The highest BCUT2D eigenvalue weighted by atomic mass is 16.2. The number of hydrogen-bond donors (Lipinski definition) is 1. The summed E-state index contributed by atoms with van der Waals surface area (Å²) >= 11 is 0. The Morgan fingerprint density at radius 1 is 1.27 bits per heavy atom. The highest BCUT2D eigenvalue weighted by Gasteiger charge is 2.22. The number of pyridine rings is 1. The van der Waals surface area contributed by atoms with E-state index in [1.54, 1.807) is 24.0 Å². The van der Waals surface area contributed by atoms with E-state index >= 15 is 0 Å². The van der Waals surface area contributed by atoms with Crippen molar-refractivity contribution in [1.82, 2.24) is 20.1 Å². The van der Waals surface area contributed by atoms with Gasteiger partial charge in [0.05, 0.1) is 0 Å². The number of carbonyl (C=O) groups is 1. The number of aromatic nitrogens is 3. The third-order valence-corrected chi connectivity index (χ3v) is 4.08. The van der Waals surface area contributed by atoms with Gasteiger partial charge in [-0.05, 0) is 38.0 Å². The zero-order valence-corrected chi connectivity index (χ0v) is 13.0. The van der Waals surface area contributed by atoms with Crippen molar-refractivity contribution in [1.29, 1.82) is 0 Å². The summed E-state index contributed by atoms with van der Waals surface area (Å²) in [4.78, 5) is 19.0. The normalized spacial score (nSPS) is 15.8. The van der Waals surface area contributed by atoms with Crippen LogP contribution in [-0.4, -0.2) is 39.8 Å². The minimum absolute atomic E-state index is 0.0490. The Balaban J connectivity index is 1.56. The van der Waals surface area contributed by atoms with E-state index < -0.39 is 0 Å². The summed E-state index contributed by atoms with van der Waals surface area (Å²) in [5.74, 6) is 0.976. The average molecular weight is 299 g/mol. The Kier molecular flexibility index (Phi) is 4.09. The summed E-state index contributed by atoms with van der Waals surface area (Å²) in [5, 5.41) is 7.13. The monoisotopic (exact) mass is 299 g/mol. The average Bonchev–Trinajstić information content (AvgIpc) is 2.94. The lowest BCUT2D eigenvalue weighted by molar-refractivity contribution is 0.0921. The van der Waals surface area contributed by atoms with Crippen LogP contribution in [0.15, 0.2) is 30.5 Å². The van der Waals surface area contributed by atoms with Crippen molar-refractivity contribution < 1.29 is 4.79 Å². The highest BCUT2D eigenvalue weighted by Crippen LogP contribution is 2.18. The molecule has 0 saturated carbocycles. The molecule has 0 aliphatic carbocycles. The van der Waals surface area contributed by atoms with Gasteiger partial charge in [-0.3, -0.25) is 9.48 Å². The molecule has 0 aromatic carbocycles. The predicted octanol–water partition coefficient (Wildman–Crippen LogP) is 1.52. The van der Waals surface area contributed by atoms with E-state index in [1.807, 2.05) is 25.1 Å². The van der Waals surface area contributed by atoms with Gasteiger partial charge in [-0.2, -0.15) is 5.10 Å².